The first-order valence-electron chi connectivity index (χ1n) is 11.1. The number of aromatic amines is 1. The van der Waals surface area contributed by atoms with E-state index in [4.69, 9.17) is 9.26 Å². The first-order chi connectivity index (χ1) is 15.1. The van der Waals surface area contributed by atoms with Crippen LogP contribution in [-0.4, -0.2) is 54.4 Å². The zero-order valence-corrected chi connectivity index (χ0v) is 18.8. The monoisotopic (exact) mass is 440 g/mol. The van der Waals surface area contributed by atoms with E-state index in [1.165, 1.54) is 0 Å². The van der Waals surface area contributed by atoms with Gasteiger partial charge < -0.3 is 19.1 Å². The number of carbonyl (C=O) groups excluding carboxylic acids is 1. The van der Waals surface area contributed by atoms with Crippen molar-refractivity contribution in [1.82, 2.24) is 29.6 Å². The van der Waals surface area contributed by atoms with Crippen molar-refractivity contribution in [2.75, 3.05) is 13.1 Å². The number of H-pyrrole nitrogens is 1. The van der Waals surface area contributed by atoms with Gasteiger partial charge in [-0.15, -0.1) is 0 Å². The number of fused-ring (bicyclic) bond motifs is 1. The summed E-state index contributed by atoms with van der Waals surface area (Å²) in [6.45, 7) is 8.81. The lowest BCUT2D eigenvalue weighted by molar-refractivity contribution is 0.0203. The van der Waals surface area contributed by atoms with Crippen LogP contribution in [0.5, 0.6) is 0 Å². The molecule has 5 rings (SSSR count). The lowest BCUT2D eigenvalue weighted by Gasteiger charge is -2.33. The number of piperidine rings is 1. The van der Waals surface area contributed by atoms with E-state index >= 15 is 0 Å². The largest absolute Gasteiger partial charge is 0.444 e. The summed E-state index contributed by atoms with van der Waals surface area (Å²) in [6, 6.07) is 1.59. The molecular weight excluding hydrogens is 412 g/mol. The maximum Gasteiger partial charge on any atom is 0.410 e. The molecule has 4 heterocycles. The molecule has 0 radical (unpaired) electrons. The van der Waals surface area contributed by atoms with Gasteiger partial charge in [-0.3, -0.25) is 4.79 Å². The Bertz CT molecular complexity index is 1220. The van der Waals surface area contributed by atoms with Crippen LogP contribution in [0.25, 0.3) is 17.0 Å². The van der Waals surface area contributed by atoms with Gasteiger partial charge in [-0.05, 0) is 46.5 Å². The minimum Gasteiger partial charge on any atom is -0.444 e. The molecule has 2 aliphatic rings. The number of ether oxygens (including phenoxy) is 1. The topological polar surface area (TPSA) is 119 Å². The van der Waals surface area contributed by atoms with Crippen molar-refractivity contribution in [2.24, 2.45) is 0 Å². The fraction of sp³-hybridized carbons (Fsp3) is 0.591. The van der Waals surface area contributed by atoms with Gasteiger partial charge in [0.1, 0.15) is 11.2 Å². The second-order valence-electron chi connectivity index (χ2n) is 10.1. The third kappa shape index (κ3) is 3.78. The number of aromatic nitrogens is 5. The molecule has 0 atom stereocenters. The van der Waals surface area contributed by atoms with E-state index in [9.17, 15) is 9.59 Å². The van der Waals surface area contributed by atoms with Crippen LogP contribution in [0, 0.1) is 0 Å². The SMILES string of the molecule is CC(C)(C)OC(=O)N1CCC(c2cc(=O)[nH]c3c(-c4noc(C5(C)CC5)n4)cnn23)CC1. The van der Waals surface area contributed by atoms with E-state index in [1.807, 2.05) is 20.8 Å². The normalized spacial score (nSPS) is 18.8. The van der Waals surface area contributed by atoms with Crippen LogP contribution in [-0.2, 0) is 10.2 Å². The summed E-state index contributed by atoms with van der Waals surface area (Å²) in [6.07, 6.45) is 4.87. The van der Waals surface area contributed by atoms with Crippen molar-refractivity contribution in [3.63, 3.8) is 0 Å². The molecule has 0 aromatic carbocycles. The van der Waals surface area contributed by atoms with Gasteiger partial charge in [-0.25, -0.2) is 9.31 Å². The summed E-state index contributed by atoms with van der Waals surface area (Å²) in [5.74, 6) is 1.15. The van der Waals surface area contributed by atoms with Gasteiger partial charge >= 0.3 is 6.09 Å². The highest BCUT2D eigenvalue weighted by Gasteiger charge is 2.44. The Labute approximate surface area is 184 Å². The highest BCUT2D eigenvalue weighted by Crippen LogP contribution is 2.47. The second-order valence-corrected chi connectivity index (χ2v) is 10.1. The molecule has 32 heavy (non-hydrogen) atoms. The third-order valence-electron chi connectivity index (χ3n) is 6.28. The molecule has 0 spiro atoms. The molecular formula is C22H28N6O4. The number of carbonyl (C=O) groups is 1. The van der Waals surface area contributed by atoms with Gasteiger partial charge in [-0.2, -0.15) is 10.1 Å². The van der Waals surface area contributed by atoms with E-state index < -0.39 is 5.60 Å². The summed E-state index contributed by atoms with van der Waals surface area (Å²) < 4.78 is 12.7. The van der Waals surface area contributed by atoms with E-state index in [2.05, 4.69) is 27.1 Å². The molecule has 1 N–H and O–H groups in total. The Hall–Kier alpha value is -3.17. The zero-order chi connectivity index (χ0) is 22.7. The van der Waals surface area contributed by atoms with Crippen LogP contribution >= 0.6 is 0 Å². The molecule has 10 nitrogen and oxygen atoms in total. The molecule has 3 aromatic heterocycles. The number of hydrogen-bond acceptors (Lipinski definition) is 7. The lowest BCUT2D eigenvalue weighted by atomic mass is 9.93. The Morgan fingerprint density at radius 3 is 2.66 bits per heavy atom. The smallest absolute Gasteiger partial charge is 0.410 e. The van der Waals surface area contributed by atoms with Gasteiger partial charge in [0.15, 0.2) is 0 Å². The summed E-state index contributed by atoms with van der Waals surface area (Å²) in [5.41, 5.74) is 1.24. The molecule has 1 amide bonds. The Morgan fingerprint density at radius 1 is 1.28 bits per heavy atom. The van der Waals surface area contributed by atoms with Crippen molar-refractivity contribution in [2.45, 2.75) is 70.3 Å². The summed E-state index contributed by atoms with van der Waals surface area (Å²) in [7, 11) is 0. The molecule has 1 aliphatic heterocycles. The highest BCUT2D eigenvalue weighted by molar-refractivity contribution is 5.72. The summed E-state index contributed by atoms with van der Waals surface area (Å²) >= 11 is 0. The summed E-state index contributed by atoms with van der Waals surface area (Å²) in [4.78, 5) is 34.0. The van der Waals surface area contributed by atoms with Gasteiger partial charge in [0, 0.05) is 30.5 Å². The van der Waals surface area contributed by atoms with Gasteiger partial charge in [0.2, 0.25) is 11.7 Å². The molecule has 10 heteroatoms. The van der Waals surface area contributed by atoms with Crippen LogP contribution in [0.1, 0.15) is 70.9 Å². The van der Waals surface area contributed by atoms with Crippen LogP contribution < -0.4 is 5.56 Å². The standard InChI is InChI=1S/C22H28N6O4/c1-21(2,3)31-20(30)27-9-5-13(6-10-27)15-11-16(29)24-18-14(12-23-28(15)18)17-25-19(32-26-17)22(4)7-8-22/h11-13H,5-10H2,1-4H3,(H,24,29). The van der Waals surface area contributed by atoms with Gasteiger partial charge in [-0.1, -0.05) is 12.1 Å². The number of likely N-dealkylation sites (tertiary alicyclic amines) is 1. The molecule has 2 fully saturated rings. The van der Waals surface area contributed by atoms with Crippen molar-refractivity contribution >= 4 is 11.7 Å². The third-order valence-corrected chi connectivity index (χ3v) is 6.28. The molecule has 0 bridgehead atoms. The first kappa shape index (κ1) is 20.7. The van der Waals surface area contributed by atoms with Crippen LogP contribution in [0.2, 0.25) is 0 Å². The second kappa shape index (κ2) is 7.18. The predicted molar refractivity (Wildman–Crippen MR) is 115 cm³/mol. The number of nitrogens with one attached hydrogen (secondary N) is 1. The van der Waals surface area contributed by atoms with E-state index in [-0.39, 0.29) is 23.0 Å². The highest BCUT2D eigenvalue weighted by atomic mass is 16.6. The fourth-order valence-corrected chi connectivity index (χ4v) is 4.13. The van der Waals surface area contributed by atoms with E-state index in [0.29, 0.717) is 36.0 Å². The van der Waals surface area contributed by atoms with E-state index in [1.54, 1.807) is 21.7 Å². The fourth-order valence-electron chi connectivity index (χ4n) is 4.13. The van der Waals surface area contributed by atoms with Crippen LogP contribution in [0.3, 0.4) is 0 Å². The molecule has 1 aliphatic carbocycles. The van der Waals surface area contributed by atoms with E-state index in [0.717, 1.165) is 31.4 Å². The van der Waals surface area contributed by atoms with Crippen LogP contribution in [0.15, 0.2) is 21.6 Å². The quantitative estimate of drug-likeness (QED) is 0.664. The molecule has 1 saturated heterocycles. The van der Waals surface area contributed by atoms with Crippen molar-refractivity contribution < 1.29 is 14.1 Å². The Kier molecular flexibility index (Phi) is 4.65. The van der Waals surface area contributed by atoms with Crippen molar-refractivity contribution in [3.8, 4) is 11.4 Å². The minimum atomic E-state index is -0.524. The maximum atomic E-state index is 12.5. The van der Waals surface area contributed by atoms with Crippen LogP contribution in [0.4, 0.5) is 4.79 Å². The average molecular weight is 441 g/mol. The number of hydrogen-bond donors (Lipinski definition) is 1. The minimum absolute atomic E-state index is 0.0328. The van der Waals surface area contributed by atoms with Crippen molar-refractivity contribution in [1.29, 1.82) is 0 Å². The number of rotatable bonds is 3. The molecule has 3 aromatic rings. The number of amides is 1. The molecule has 1 saturated carbocycles. The van der Waals surface area contributed by atoms with Gasteiger partial charge in [0.05, 0.1) is 17.5 Å². The maximum absolute atomic E-state index is 12.5. The Morgan fingerprint density at radius 2 is 2.00 bits per heavy atom. The predicted octanol–water partition coefficient (Wildman–Crippen LogP) is 3.24. The first-order valence-corrected chi connectivity index (χ1v) is 11.1. The lowest BCUT2D eigenvalue weighted by Crippen LogP contribution is -2.41. The average Bonchev–Trinajstić information content (AvgIpc) is 3.14. The molecule has 0 unspecified atom stereocenters. The Balaban J connectivity index is 1.39. The zero-order valence-electron chi connectivity index (χ0n) is 18.8. The summed E-state index contributed by atoms with van der Waals surface area (Å²) in [5, 5.41) is 8.65. The number of nitrogens with zero attached hydrogens (tertiary/aromatic N) is 5. The molecule has 170 valence electrons. The van der Waals surface area contributed by atoms with Crippen molar-refractivity contribution in [3.05, 3.63) is 34.2 Å². The van der Waals surface area contributed by atoms with Gasteiger partial charge in [0.25, 0.3) is 5.56 Å².